The minimum atomic E-state index is -0.0596. The van der Waals surface area contributed by atoms with Gasteiger partial charge in [-0.3, -0.25) is 4.98 Å². The number of halogens is 1. The third kappa shape index (κ3) is 3.98. The first-order valence-electron chi connectivity index (χ1n) is 11.0. The molecule has 0 unspecified atom stereocenters. The van der Waals surface area contributed by atoms with Crippen LogP contribution in [0.15, 0.2) is 83.5 Å². The molecule has 3 heterocycles. The van der Waals surface area contributed by atoms with E-state index >= 15 is 0 Å². The molecule has 1 aliphatic rings. The molecule has 1 saturated heterocycles. The molecule has 33 heavy (non-hydrogen) atoms. The monoisotopic (exact) mass is 516 g/mol. The van der Waals surface area contributed by atoms with Crippen LogP contribution < -0.4 is 10.2 Å². The normalized spacial score (nSPS) is 17.9. The van der Waals surface area contributed by atoms with Crippen LogP contribution in [0.3, 0.4) is 0 Å². The van der Waals surface area contributed by atoms with Gasteiger partial charge in [-0.2, -0.15) is 0 Å². The van der Waals surface area contributed by atoms with Crippen LogP contribution in [0.25, 0.3) is 5.69 Å². The van der Waals surface area contributed by atoms with Gasteiger partial charge in [-0.25, -0.2) is 0 Å². The Kier molecular flexibility index (Phi) is 5.81. The third-order valence-corrected chi connectivity index (χ3v) is 7.04. The second kappa shape index (κ2) is 8.76. The van der Waals surface area contributed by atoms with E-state index in [-0.39, 0.29) is 12.1 Å². The summed E-state index contributed by atoms with van der Waals surface area (Å²) in [6.07, 6.45) is 1.84. The molecule has 0 bridgehead atoms. The molecule has 0 amide bonds. The summed E-state index contributed by atoms with van der Waals surface area (Å²) < 4.78 is 3.37. The number of aryl methyl sites for hydroxylation is 2. The zero-order chi connectivity index (χ0) is 23.1. The molecule has 0 saturated carbocycles. The number of rotatable bonds is 4. The molecule has 0 spiro atoms. The molecule has 2 atom stereocenters. The standard InChI is InChI=1S/C27H25BrN4S/c1-17-8-6-10-21(14-17)32-26(25(30-27(32)33)24-12-4-5-13-29-24)23-15-18(2)31(19(23)3)22-11-7-9-20(28)16-22/h4-16,25-26H,1-3H3,(H,30,33)/t25-,26+/m1/s1. The highest BCUT2D eigenvalue weighted by Gasteiger charge is 2.42. The van der Waals surface area contributed by atoms with Crippen LogP contribution in [-0.2, 0) is 0 Å². The molecule has 1 N–H and O–H groups in total. The molecule has 4 aromatic rings. The van der Waals surface area contributed by atoms with E-state index in [0.717, 1.165) is 21.5 Å². The van der Waals surface area contributed by atoms with Crippen molar-refractivity contribution in [2.45, 2.75) is 32.9 Å². The van der Waals surface area contributed by atoms with Crippen LogP contribution in [0.5, 0.6) is 0 Å². The number of thiocarbonyl (C=S) groups is 1. The largest absolute Gasteiger partial charge is 0.351 e. The Bertz CT molecular complexity index is 1330. The SMILES string of the molecule is Cc1cccc(N2C(=S)N[C@H](c3ccccn3)[C@@H]2c2cc(C)n(-c3cccc(Br)c3)c2C)c1. The van der Waals surface area contributed by atoms with Crippen LogP contribution in [0, 0.1) is 20.8 Å². The van der Waals surface area contributed by atoms with Crippen LogP contribution in [-0.4, -0.2) is 14.7 Å². The first kappa shape index (κ1) is 21.9. The Morgan fingerprint density at radius 1 is 0.909 bits per heavy atom. The third-order valence-electron chi connectivity index (χ3n) is 6.23. The number of aromatic nitrogens is 2. The molecule has 2 aromatic carbocycles. The summed E-state index contributed by atoms with van der Waals surface area (Å²) in [6, 6.07) is 25.2. The fraction of sp³-hybridized carbons (Fsp3) is 0.185. The summed E-state index contributed by atoms with van der Waals surface area (Å²) in [4.78, 5) is 6.93. The lowest BCUT2D eigenvalue weighted by atomic mass is 9.96. The summed E-state index contributed by atoms with van der Waals surface area (Å²) in [5.41, 5.74) is 8.01. The van der Waals surface area contributed by atoms with Gasteiger partial charge >= 0.3 is 0 Å². The molecule has 2 aromatic heterocycles. The number of pyridine rings is 1. The highest BCUT2D eigenvalue weighted by molar-refractivity contribution is 9.10. The average Bonchev–Trinajstić information content (AvgIpc) is 3.29. The highest BCUT2D eigenvalue weighted by atomic mass is 79.9. The van der Waals surface area contributed by atoms with Crippen molar-refractivity contribution in [2.75, 3.05) is 4.90 Å². The van der Waals surface area contributed by atoms with Gasteiger partial charge in [0, 0.05) is 33.4 Å². The lowest BCUT2D eigenvalue weighted by Crippen LogP contribution is -2.29. The van der Waals surface area contributed by atoms with E-state index in [1.807, 2.05) is 18.3 Å². The summed E-state index contributed by atoms with van der Waals surface area (Å²) in [5.74, 6) is 0. The van der Waals surface area contributed by atoms with Gasteiger partial charge in [0.2, 0.25) is 0 Å². The maximum atomic E-state index is 5.89. The lowest BCUT2D eigenvalue weighted by Gasteiger charge is -2.28. The van der Waals surface area contributed by atoms with Crippen LogP contribution in [0.2, 0.25) is 0 Å². The van der Waals surface area contributed by atoms with Gasteiger partial charge in [0.05, 0.1) is 17.8 Å². The molecule has 166 valence electrons. The van der Waals surface area contributed by atoms with Gasteiger partial charge in [0.15, 0.2) is 5.11 Å². The minimum absolute atomic E-state index is 0.0266. The Morgan fingerprint density at radius 3 is 2.42 bits per heavy atom. The van der Waals surface area contributed by atoms with E-state index in [0.29, 0.717) is 5.11 Å². The second-order valence-corrected chi connectivity index (χ2v) is 9.78. The van der Waals surface area contributed by atoms with Crippen LogP contribution in [0.1, 0.15) is 40.3 Å². The Hall–Kier alpha value is -2.96. The summed E-state index contributed by atoms with van der Waals surface area (Å²) in [5, 5.41) is 4.29. The number of nitrogens with one attached hydrogen (secondary N) is 1. The smallest absolute Gasteiger partial charge is 0.174 e. The Balaban J connectivity index is 1.69. The van der Waals surface area contributed by atoms with Gasteiger partial charge in [-0.1, -0.05) is 40.2 Å². The van der Waals surface area contributed by atoms with Gasteiger partial charge in [0.1, 0.15) is 0 Å². The molecular formula is C27H25BrN4S. The van der Waals surface area contributed by atoms with E-state index in [4.69, 9.17) is 12.2 Å². The van der Waals surface area contributed by atoms with Crippen molar-refractivity contribution in [3.8, 4) is 5.69 Å². The Labute approximate surface area is 208 Å². The maximum absolute atomic E-state index is 5.89. The van der Waals surface area contributed by atoms with E-state index < -0.39 is 0 Å². The highest BCUT2D eigenvalue weighted by Crippen LogP contribution is 2.43. The van der Waals surface area contributed by atoms with Crippen molar-refractivity contribution in [2.24, 2.45) is 0 Å². The number of hydrogen-bond donors (Lipinski definition) is 1. The van der Waals surface area contributed by atoms with Crippen molar-refractivity contribution >= 4 is 38.9 Å². The van der Waals surface area contributed by atoms with Crippen molar-refractivity contribution in [3.05, 3.63) is 112 Å². The topological polar surface area (TPSA) is 33.1 Å². The first-order chi connectivity index (χ1) is 15.9. The van der Waals surface area contributed by atoms with Crippen molar-refractivity contribution in [1.29, 1.82) is 0 Å². The summed E-state index contributed by atoms with van der Waals surface area (Å²) >= 11 is 9.51. The van der Waals surface area contributed by atoms with Gasteiger partial charge < -0.3 is 14.8 Å². The lowest BCUT2D eigenvalue weighted by molar-refractivity contribution is 0.565. The molecule has 1 aliphatic heterocycles. The maximum Gasteiger partial charge on any atom is 0.174 e. The molecule has 6 heteroatoms. The van der Waals surface area contributed by atoms with Crippen molar-refractivity contribution in [1.82, 2.24) is 14.9 Å². The van der Waals surface area contributed by atoms with Crippen molar-refractivity contribution < 1.29 is 0 Å². The predicted molar refractivity (Wildman–Crippen MR) is 142 cm³/mol. The number of hydrogen-bond acceptors (Lipinski definition) is 2. The molecule has 5 rings (SSSR count). The number of nitrogens with zero attached hydrogens (tertiary/aromatic N) is 3. The number of anilines is 1. The molecule has 0 radical (unpaired) electrons. The quantitative estimate of drug-likeness (QED) is 0.304. The van der Waals surface area contributed by atoms with Crippen molar-refractivity contribution in [3.63, 3.8) is 0 Å². The molecule has 1 fully saturated rings. The van der Waals surface area contributed by atoms with Gasteiger partial charge in [-0.15, -0.1) is 0 Å². The minimum Gasteiger partial charge on any atom is -0.351 e. The summed E-state index contributed by atoms with van der Waals surface area (Å²) in [6.45, 7) is 6.46. The zero-order valence-electron chi connectivity index (χ0n) is 18.8. The van der Waals surface area contributed by atoms with E-state index in [1.165, 1.54) is 22.5 Å². The fourth-order valence-corrected chi connectivity index (χ4v) is 5.56. The molecular weight excluding hydrogens is 492 g/mol. The number of benzene rings is 2. The molecule has 0 aliphatic carbocycles. The van der Waals surface area contributed by atoms with Gasteiger partial charge in [0.25, 0.3) is 0 Å². The molecule has 4 nitrogen and oxygen atoms in total. The average molecular weight is 517 g/mol. The van der Waals surface area contributed by atoms with E-state index in [2.05, 4.69) is 117 Å². The van der Waals surface area contributed by atoms with Crippen LogP contribution >= 0.6 is 28.1 Å². The van der Waals surface area contributed by atoms with Crippen LogP contribution in [0.4, 0.5) is 5.69 Å². The predicted octanol–water partition coefficient (Wildman–Crippen LogP) is 6.74. The summed E-state index contributed by atoms with van der Waals surface area (Å²) in [7, 11) is 0. The van der Waals surface area contributed by atoms with Gasteiger partial charge in [-0.05, 0) is 92.6 Å². The zero-order valence-corrected chi connectivity index (χ0v) is 21.2. The van der Waals surface area contributed by atoms with E-state index in [1.54, 1.807) is 0 Å². The van der Waals surface area contributed by atoms with E-state index in [9.17, 15) is 0 Å². The first-order valence-corrected chi connectivity index (χ1v) is 12.2. The Morgan fingerprint density at radius 2 is 1.70 bits per heavy atom. The fourth-order valence-electron chi connectivity index (χ4n) is 4.83. The second-order valence-electron chi connectivity index (χ2n) is 8.48.